The normalized spacial score (nSPS) is 21.7. The van der Waals surface area contributed by atoms with E-state index in [4.69, 9.17) is 69.6 Å². The van der Waals surface area contributed by atoms with E-state index in [0.717, 1.165) is 16.7 Å². The zero-order valence-electron chi connectivity index (χ0n) is 48.3. The molecule has 1 amide bonds. The number of hydrogen-bond donors (Lipinski definition) is 2. The smallest absolute Gasteiger partial charge is 0.497 e. The molecule has 2 N–H and O–H groups in total. The van der Waals surface area contributed by atoms with Crippen LogP contribution in [0.2, 0.25) is 18.1 Å². The lowest BCUT2D eigenvalue weighted by molar-refractivity contribution is -0.0930. The van der Waals surface area contributed by atoms with Gasteiger partial charge in [-0.2, -0.15) is 0 Å². The fourth-order valence-corrected chi connectivity index (χ4v) is 14.0. The number of ether oxygens (including phenoxy) is 5. The van der Waals surface area contributed by atoms with Crippen LogP contribution in [0.1, 0.15) is 66.0 Å². The van der Waals surface area contributed by atoms with Crippen LogP contribution in [0.3, 0.4) is 0 Å². The highest BCUT2D eigenvalue weighted by atomic mass is 32.5. The number of anilines is 1. The molecule has 4 aromatic heterocycles. The van der Waals surface area contributed by atoms with Crippen molar-refractivity contribution in [2.45, 2.75) is 101 Å². The zero-order chi connectivity index (χ0) is 61.0. The molecule has 0 saturated carbocycles. The number of alkyl halides is 1. The summed E-state index contributed by atoms with van der Waals surface area (Å²) < 4.78 is 98.0. The van der Waals surface area contributed by atoms with Gasteiger partial charge in [0.15, 0.2) is 38.7 Å². The zero-order valence-corrected chi connectivity index (χ0v) is 51.9. The van der Waals surface area contributed by atoms with E-state index in [2.05, 4.69) is 64.0 Å². The molecular formula is C59H65FN9O13P2SSi+. The molecule has 2 saturated heterocycles. The van der Waals surface area contributed by atoms with Crippen LogP contribution in [-0.4, -0.2) is 130 Å². The molecule has 10 rings (SSSR count). The van der Waals surface area contributed by atoms with Crippen LogP contribution in [0.25, 0.3) is 27.0 Å². The summed E-state index contributed by atoms with van der Waals surface area (Å²) in [5, 5.41) is 2.75. The Morgan fingerprint density at radius 1 is 0.791 bits per heavy atom. The van der Waals surface area contributed by atoms with Crippen molar-refractivity contribution in [1.29, 1.82) is 0 Å². The van der Waals surface area contributed by atoms with Crippen LogP contribution >= 0.6 is 15.0 Å². The van der Waals surface area contributed by atoms with Gasteiger partial charge in [0, 0.05) is 16.3 Å². The third-order valence-electron chi connectivity index (χ3n) is 15.6. The SMILES string of the molecule is [C-]#[N+]CCOP(=S)(OC[C@H]1O[C@@H](n2ccc3c(NC(=O)c4ccccc4)ncnc32)[C@H](F)[C@@H]1O[P+](=O)O)O[C@@H]1[C@H](O[Si](C)(C)C(C)(C)C)[C@@H](COC(c2ccccc2)(c2ccc(OC)cc2)c2ccc(OC)cc2)O[C@H]1n1cnc2c(C)ncnc21. The molecule has 2 fully saturated rings. The van der Waals surface area contributed by atoms with Crippen molar-refractivity contribution in [1.82, 2.24) is 34.1 Å². The van der Waals surface area contributed by atoms with Crippen molar-refractivity contribution in [2.24, 2.45) is 0 Å². The quantitative estimate of drug-likeness (QED) is 0.0188. The number of aryl methyl sites for hydroxylation is 1. The Morgan fingerprint density at radius 2 is 1.40 bits per heavy atom. The minimum Gasteiger partial charge on any atom is -0.497 e. The summed E-state index contributed by atoms with van der Waals surface area (Å²) in [4.78, 5) is 49.3. The third kappa shape index (κ3) is 12.9. The molecule has 10 atom stereocenters. The van der Waals surface area contributed by atoms with Crippen LogP contribution < -0.4 is 14.8 Å². The first-order valence-electron chi connectivity index (χ1n) is 27.4. The number of carbonyl (C=O) groups is 1. The number of benzene rings is 4. The number of carbonyl (C=O) groups excluding carboxylic acids is 1. The van der Waals surface area contributed by atoms with Crippen LogP contribution in [0.15, 0.2) is 140 Å². The van der Waals surface area contributed by atoms with E-state index in [1.807, 2.05) is 85.8 Å². The maximum absolute atomic E-state index is 17.1. The number of methoxy groups -OCH3 is 2. The van der Waals surface area contributed by atoms with Crippen LogP contribution in [0, 0.1) is 13.5 Å². The van der Waals surface area contributed by atoms with Gasteiger partial charge in [-0.05, 0) is 96.0 Å². The third-order valence-corrected chi connectivity index (χ3v) is 22.9. The first-order chi connectivity index (χ1) is 41.3. The van der Waals surface area contributed by atoms with E-state index in [1.54, 1.807) is 61.5 Å². The Morgan fingerprint density at radius 3 is 2.02 bits per heavy atom. The van der Waals surface area contributed by atoms with Gasteiger partial charge in [-0.3, -0.25) is 13.9 Å². The average molecular weight is 1250 g/mol. The topological polar surface area (TPSA) is 237 Å². The van der Waals surface area contributed by atoms with Gasteiger partial charge >= 0.3 is 15.0 Å². The van der Waals surface area contributed by atoms with E-state index in [1.165, 1.54) is 23.4 Å². The summed E-state index contributed by atoms with van der Waals surface area (Å²) in [5.74, 6) is 0.985. The lowest BCUT2D eigenvalue weighted by Crippen LogP contribution is -2.51. The van der Waals surface area contributed by atoms with Gasteiger partial charge in [-0.25, -0.2) is 35.9 Å². The molecule has 0 radical (unpaired) electrons. The molecule has 2 unspecified atom stereocenters. The monoisotopic (exact) mass is 1250 g/mol. The number of nitrogens with one attached hydrogen (secondary N) is 1. The first kappa shape index (κ1) is 62.2. The number of imidazole rings is 1. The Balaban J connectivity index is 1.03. The number of halogens is 1. The number of aromatic nitrogens is 7. The maximum Gasteiger partial charge on any atom is 0.695 e. The van der Waals surface area contributed by atoms with Gasteiger partial charge in [-0.15, -0.1) is 9.42 Å². The summed E-state index contributed by atoms with van der Waals surface area (Å²) in [5.41, 5.74) is 3.03. The molecule has 0 spiro atoms. The second-order valence-electron chi connectivity index (χ2n) is 21.9. The van der Waals surface area contributed by atoms with Gasteiger partial charge < -0.3 is 51.9 Å². The predicted molar refractivity (Wildman–Crippen MR) is 322 cm³/mol. The molecular weight excluding hydrogens is 1180 g/mol. The predicted octanol–water partition coefficient (Wildman–Crippen LogP) is 11.0. The lowest BCUT2D eigenvalue weighted by Gasteiger charge is -2.42. The largest absolute Gasteiger partial charge is 0.695 e. The molecule has 2 aliphatic rings. The molecule has 8 aromatic rings. The van der Waals surface area contributed by atoms with Gasteiger partial charge in [0.1, 0.15) is 77.8 Å². The highest BCUT2D eigenvalue weighted by Gasteiger charge is 2.56. The molecule has 4 aromatic carbocycles. The minimum atomic E-state index is -4.23. The summed E-state index contributed by atoms with van der Waals surface area (Å²) in [7, 11) is -3.08. The van der Waals surface area contributed by atoms with E-state index in [9.17, 15) is 14.3 Å². The van der Waals surface area contributed by atoms with Crippen LogP contribution in [0.4, 0.5) is 10.2 Å². The number of fused-ring (bicyclic) bond motifs is 2. The van der Waals surface area contributed by atoms with Crippen molar-refractivity contribution in [3.8, 4) is 11.5 Å². The highest BCUT2D eigenvalue weighted by Crippen LogP contribution is 2.57. The maximum atomic E-state index is 17.1. The highest BCUT2D eigenvalue weighted by molar-refractivity contribution is 8.07. The summed E-state index contributed by atoms with van der Waals surface area (Å²) in [6.07, 6.45) is -5.50. The molecule has 0 aliphatic carbocycles. The van der Waals surface area contributed by atoms with Gasteiger partial charge in [0.25, 0.3) is 5.91 Å². The van der Waals surface area contributed by atoms with Crippen molar-refractivity contribution >= 4 is 69.0 Å². The summed E-state index contributed by atoms with van der Waals surface area (Å²) in [6, 6.07) is 35.2. The first-order valence-corrected chi connectivity index (χ1v) is 34.0. The Labute approximate surface area is 503 Å². The molecule has 450 valence electrons. The molecule has 2 aliphatic heterocycles. The summed E-state index contributed by atoms with van der Waals surface area (Å²) in [6.45, 7) is 14.6. The fourth-order valence-electron chi connectivity index (χ4n) is 10.2. The second kappa shape index (κ2) is 26.2. The Bertz CT molecular complexity index is 3720. The minimum absolute atomic E-state index is 0.140. The Kier molecular flexibility index (Phi) is 19.0. The van der Waals surface area contributed by atoms with E-state index in [0.29, 0.717) is 39.3 Å². The van der Waals surface area contributed by atoms with Gasteiger partial charge in [0.05, 0.1) is 44.8 Å². The van der Waals surface area contributed by atoms with Crippen molar-refractivity contribution in [3.05, 3.63) is 180 Å². The molecule has 86 heavy (non-hydrogen) atoms. The summed E-state index contributed by atoms with van der Waals surface area (Å²) >= 11 is 6.35. The number of hydrogen-bond acceptors (Lipinski definition) is 18. The molecule has 22 nitrogen and oxygen atoms in total. The standard InChI is InChI=1S/C59H64FN9O13P2SSi/c1-37-48-54(65-34-62-37)69(36-66-48)57-51(50(82-86(8,9)58(2,3)4)45(79-57)32-75-59(39-18-14-11-15-19-39,40-20-24-42(73-6)25-21-40)41-22-26-43(74-7)27-23-41)81-84(85,76-31-29-61-5)77-33-46-49(80-83(71)72)47(60)56(78-46)68-30-28-44-52(63-35-64-53(44)68)67-55(70)38-16-12-10-13-17-38/h10-28,30,34-36,45-47,49-51,56-57H,29,31-33H2,1-4,6-9H3,(H-,63,64,67,70,71,72)/p+1/t45-,46-,47-,49-,50-,51-,56-,57-,84?/m1/s1. The number of rotatable bonds is 24. The van der Waals surface area contributed by atoms with Crippen LogP contribution in [-0.2, 0) is 58.7 Å². The fraction of sp³-hybridized carbons (Fsp3) is 0.373. The number of amides is 1. The Hall–Kier alpha value is -6.85. The molecule has 27 heteroatoms. The van der Waals surface area contributed by atoms with Crippen molar-refractivity contribution < 1.29 is 64.8 Å². The van der Waals surface area contributed by atoms with Crippen molar-refractivity contribution in [3.63, 3.8) is 0 Å². The molecule has 0 bridgehead atoms. The van der Waals surface area contributed by atoms with E-state index in [-0.39, 0.29) is 36.3 Å². The van der Waals surface area contributed by atoms with Crippen LogP contribution in [0.5, 0.6) is 11.5 Å². The van der Waals surface area contributed by atoms with E-state index >= 15 is 4.39 Å². The second-order valence-corrected chi connectivity index (χ2v) is 30.3. The van der Waals surface area contributed by atoms with Gasteiger partial charge in [-0.1, -0.05) is 93.6 Å². The molecule has 6 heterocycles. The number of nitrogens with zero attached hydrogens (tertiary/aromatic N) is 8. The van der Waals surface area contributed by atoms with Gasteiger partial charge in [0.2, 0.25) is 6.54 Å². The lowest BCUT2D eigenvalue weighted by atomic mass is 9.80. The average Bonchev–Trinajstić information content (AvgIpc) is 1.54. The van der Waals surface area contributed by atoms with E-state index < -0.39 is 90.6 Å². The van der Waals surface area contributed by atoms with Crippen molar-refractivity contribution in [2.75, 3.05) is 45.9 Å².